The van der Waals surface area contributed by atoms with Crippen molar-refractivity contribution >= 4 is 21.8 Å². The average Bonchev–Trinajstić information content (AvgIpc) is 2.58. The van der Waals surface area contributed by atoms with Crippen LogP contribution in [0.15, 0.2) is 47.2 Å². The second-order valence-corrected chi connectivity index (χ2v) is 6.38. The van der Waals surface area contributed by atoms with Crippen molar-refractivity contribution in [3.8, 4) is 0 Å². The molecule has 1 aromatic carbocycles. The molecule has 0 saturated carbocycles. The Morgan fingerprint density at radius 1 is 1.09 bits per heavy atom. The molecular formula is C17H17BrFN3O. The molecule has 0 radical (unpaired) electrons. The maximum absolute atomic E-state index is 12.9. The number of carbonyl (C=O) groups is 1. The van der Waals surface area contributed by atoms with Gasteiger partial charge >= 0.3 is 0 Å². The fourth-order valence-electron chi connectivity index (χ4n) is 2.64. The number of amides is 1. The quantitative estimate of drug-likeness (QED) is 0.771. The summed E-state index contributed by atoms with van der Waals surface area (Å²) >= 11 is 3.27. The Morgan fingerprint density at radius 2 is 1.78 bits per heavy atom. The highest BCUT2D eigenvalue weighted by Gasteiger charge is 2.22. The molecule has 2 heterocycles. The van der Waals surface area contributed by atoms with Gasteiger partial charge in [0.25, 0.3) is 5.91 Å². The number of rotatable bonds is 3. The molecule has 0 spiro atoms. The number of hydrogen-bond donors (Lipinski definition) is 0. The van der Waals surface area contributed by atoms with Gasteiger partial charge in [-0.2, -0.15) is 0 Å². The summed E-state index contributed by atoms with van der Waals surface area (Å²) in [5.41, 5.74) is 1.70. The van der Waals surface area contributed by atoms with Gasteiger partial charge in [0.05, 0.1) is 5.56 Å². The van der Waals surface area contributed by atoms with E-state index in [9.17, 15) is 9.18 Å². The van der Waals surface area contributed by atoms with E-state index in [0.29, 0.717) is 18.7 Å². The number of carbonyl (C=O) groups excluding carboxylic acids is 1. The summed E-state index contributed by atoms with van der Waals surface area (Å²) in [6.07, 6.45) is 1.59. The van der Waals surface area contributed by atoms with Gasteiger partial charge in [-0.15, -0.1) is 0 Å². The molecule has 3 rings (SSSR count). The number of pyridine rings is 1. The van der Waals surface area contributed by atoms with Crippen molar-refractivity contribution in [3.63, 3.8) is 0 Å². The largest absolute Gasteiger partial charge is 0.336 e. The molecule has 1 aliphatic heterocycles. The third-order valence-corrected chi connectivity index (χ3v) is 4.42. The molecule has 120 valence electrons. The lowest BCUT2D eigenvalue weighted by atomic mass is 10.2. The second kappa shape index (κ2) is 7.19. The molecule has 0 aliphatic carbocycles. The first-order valence-electron chi connectivity index (χ1n) is 7.49. The number of halogens is 2. The smallest absolute Gasteiger partial charge is 0.255 e. The third kappa shape index (κ3) is 4.14. The van der Waals surface area contributed by atoms with E-state index in [1.54, 1.807) is 30.5 Å². The van der Waals surface area contributed by atoms with Crippen LogP contribution >= 0.6 is 15.9 Å². The molecular weight excluding hydrogens is 361 g/mol. The maximum Gasteiger partial charge on any atom is 0.255 e. The van der Waals surface area contributed by atoms with Crippen LogP contribution in [0.25, 0.3) is 0 Å². The fraction of sp³-hybridized carbons (Fsp3) is 0.294. The first kappa shape index (κ1) is 16.1. The highest BCUT2D eigenvalue weighted by Crippen LogP contribution is 2.13. The predicted molar refractivity (Wildman–Crippen MR) is 89.5 cm³/mol. The van der Waals surface area contributed by atoms with Crippen LogP contribution in [-0.2, 0) is 6.54 Å². The standard InChI is InChI=1S/C17H17BrFN3O/c18-16-6-3-14(11-20-16)17(23)22-9-7-21(8-10-22)12-13-1-4-15(19)5-2-13/h1-6,11H,7-10,12H2. The molecule has 0 unspecified atom stereocenters. The molecule has 1 aliphatic rings. The van der Waals surface area contributed by atoms with Gasteiger partial charge in [-0.3, -0.25) is 9.69 Å². The van der Waals surface area contributed by atoms with Gasteiger partial charge in [0.1, 0.15) is 10.4 Å². The Bertz CT molecular complexity index is 667. The van der Waals surface area contributed by atoms with E-state index in [1.807, 2.05) is 4.90 Å². The van der Waals surface area contributed by atoms with Crippen LogP contribution < -0.4 is 0 Å². The highest BCUT2D eigenvalue weighted by atomic mass is 79.9. The Balaban J connectivity index is 1.54. The number of hydrogen-bond acceptors (Lipinski definition) is 3. The van der Waals surface area contributed by atoms with Crippen LogP contribution in [0.1, 0.15) is 15.9 Å². The van der Waals surface area contributed by atoms with Crippen molar-refractivity contribution in [2.24, 2.45) is 0 Å². The molecule has 0 bridgehead atoms. The molecule has 1 fully saturated rings. The zero-order chi connectivity index (χ0) is 16.2. The van der Waals surface area contributed by atoms with Crippen molar-refractivity contribution in [1.82, 2.24) is 14.8 Å². The van der Waals surface area contributed by atoms with E-state index >= 15 is 0 Å². The van der Waals surface area contributed by atoms with Crippen molar-refractivity contribution in [1.29, 1.82) is 0 Å². The SMILES string of the molecule is O=C(c1ccc(Br)nc1)N1CCN(Cc2ccc(F)cc2)CC1. The lowest BCUT2D eigenvalue weighted by molar-refractivity contribution is 0.0628. The molecule has 0 N–H and O–H groups in total. The first-order valence-corrected chi connectivity index (χ1v) is 8.29. The molecule has 2 aromatic rings. The van der Waals surface area contributed by atoms with Gasteiger partial charge in [0.2, 0.25) is 0 Å². The van der Waals surface area contributed by atoms with Crippen molar-refractivity contribution in [2.75, 3.05) is 26.2 Å². The van der Waals surface area contributed by atoms with E-state index in [-0.39, 0.29) is 11.7 Å². The monoisotopic (exact) mass is 377 g/mol. The molecule has 1 aromatic heterocycles. The van der Waals surface area contributed by atoms with Gasteiger partial charge in [0.15, 0.2) is 0 Å². The highest BCUT2D eigenvalue weighted by molar-refractivity contribution is 9.10. The van der Waals surface area contributed by atoms with E-state index in [4.69, 9.17) is 0 Å². The zero-order valence-electron chi connectivity index (χ0n) is 12.6. The zero-order valence-corrected chi connectivity index (χ0v) is 14.2. The summed E-state index contributed by atoms with van der Waals surface area (Å²) in [5.74, 6) is -0.196. The van der Waals surface area contributed by atoms with Gasteiger partial charge in [-0.25, -0.2) is 9.37 Å². The van der Waals surface area contributed by atoms with E-state index in [1.165, 1.54) is 12.1 Å². The van der Waals surface area contributed by atoms with Crippen LogP contribution in [0.3, 0.4) is 0 Å². The van der Waals surface area contributed by atoms with Crippen LogP contribution in [0.5, 0.6) is 0 Å². The molecule has 0 atom stereocenters. The van der Waals surface area contributed by atoms with Crippen LogP contribution in [0, 0.1) is 5.82 Å². The Hall–Kier alpha value is -1.79. The van der Waals surface area contributed by atoms with Crippen molar-refractivity contribution in [3.05, 3.63) is 64.1 Å². The fourth-order valence-corrected chi connectivity index (χ4v) is 2.88. The molecule has 1 amide bonds. The summed E-state index contributed by atoms with van der Waals surface area (Å²) in [4.78, 5) is 20.7. The van der Waals surface area contributed by atoms with Gasteiger partial charge in [-0.05, 0) is 45.8 Å². The molecule has 23 heavy (non-hydrogen) atoms. The molecule has 6 heteroatoms. The van der Waals surface area contributed by atoms with Gasteiger partial charge in [0, 0.05) is 38.9 Å². The number of aromatic nitrogens is 1. The minimum atomic E-state index is -0.215. The van der Waals surface area contributed by atoms with Crippen LogP contribution in [0.2, 0.25) is 0 Å². The third-order valence-electron chi connectivity index (χ3n) is 3.95. The Labute approximate surface area is 143 Å². The average molecular weight is 378 g/mol. The molecule has 4 nitrogen and oxygen atoms in total. The topological polar surface area (TPSA) is 36.4 Å². The minimum absolute atomic E-state index is 0.0198. The van der Waals surface area contributed by atoms with Crippen LogP contribution in [0.4, 0.5) is 4.39 Å². The van der Waals surface area contributed by atoms with E-state index in [2.05, 4.69) is 25.8 Å². The van der Waals surface area contributed by atoms with E-state index < -0.39 is 0 Å². The summed E-state index contributed by atoms with van der Waals surface area (Å²) < 4.78 is 13.6. The Morgan fingerprint density at radius 3 is 2.39 bits per heavy atom. The summed E-state index contributed by atoms with van der Waals surface area (Å²) in [7, 11) is 0. The van der Waals surface area contributed by atoms with Crippen LogP contribution in [-0.4, -0.2) is 46.9 Å². The van der Waals surface area contributed by atoms with Crippen molar-refractivity contribution in [2.45, 2.75) is 6.54 Å². The normalized spacial score (nSPS) is 15.7. The predicted octanol–water partition coefficient (Wildman–Crippen LogP) is 2.94. The Kier molecular flexibility index (Phi) is 5.03. The van der Waals surface area contributed by atoms with Gasteiger partial charge < -0.3 is 4.90 Å². The van der Waals surface area contributed by atoms with Crippen molar-refractivity contribution < 1.29 is 9.18 Å². The number of piperazine rings is 1. The second-order valence-electron chi connectivity index (χ2n) is 5.56. The number of benzene rings is 1. The maximum atomic E-state index is 12.9. The van der Waals surface area contributed by atoms with E-state index in [0.717, 1.165) is 29.8 Å². The summed E-state index contributed by atoms with van der Waals surface area (Å²) in [6.45, 7) is 3.79. The number of nitrogens with zero attached hydrogens (tertiary/aromatic N) is 3. The lowest BCUT2D eigenvalue weighted by Crippen LogP contribution is -2.48. The van der Waals surface area contributed by atoms with Gasteiger partial charge in [-0.1, -0.05) is 12.1 Å². The lowest BCUT2D eigenvalue weighted by Gasteiger charge is -2.34. The summed E-state index contributed by atoms with van der Waals surface area (Å²) in [6, 6.07) is 10.1. The first-order chi connectivity index (χ1) is 11.1. The minimum Gasteiger partial charge on any atom is -0.336 e. The molecule has 1 saturated heterocycles. The summed E-state index contributed by atoms with van der Waals surface area (Å²) in [5, 5.41) is 0.